The molecule has 2 aromatic heterocycles. The number of nitrogens with one attached hydrogen (secondary N) is 1. The van der Waals surface area contributed by atoms with E-state index in [9.17, 15) is 13.2 Å². The number of alkyl halides is 3. The molecule has 1 aliphatic rings. The van der Waals surface area contributed by atoms with E-state index < -0.39 is 11.9 Å². The summed E-state index contributed by atoms with van der Waals surface area (Å²) in [7, 11) is 1.58. The number of hydrogen-bond donors (Lipinski definition) is 1. The highest BCUT2D eigenvalue weighted by molar-refractivity contribution is 6.28. The first-order chi connectivity index (χ1) is 11.8. The number of anilines is 2. The lowest BCUT2D eigenvalue weighted by Crippen LogP contribution is -2.37. The molecule has 3 heterocycles. The third-order valence-electron chi connectivity index (χ3n) is 4.13. The van der Waals surface area contributed by atoms with Crippen molar-refractivity contribution in [2.24, 2.45) is 13.0 Å². The van der Waals surface area contributed by atoms with Crippen molar-refractivity contribution in [3.63, 3.8) is 0 Å². The van der Waals surface area contributed by atoms with Crippen LogP contribution in [0.2, 0.25) is 5.28 Å². The van der Waals surface area contributed by atoms with Gasteiger partial charge in [-0.1, -0.05) is 0 Å². The van der Waals surface area contributed by atoms with Crippen molar-refractivity contribution in [1.29, 1.82) is 0 Å². The van der Waals surface area contributed by atoms with E-state index >= 15 is 0 Å². The Labute approximate surface area is 147 Å². The van der Waals surface area contributed by atoms with Gasteiger partial charge < -0.3 is 14.8 Å². The molecule has 0 saturated carbocycles. The van der Waals surface area contributed by atoms with Crippen molar-refractivity contribution in [1.82, 2.24) is 24.5 Å². The van der Waals surface area contributed by atoms with Crippen LogP contribution in [0.15, 0.2) is 12.5 Å². The van der Waals surface area contributed by atoms with Crippen molar-refractivity contribution in [2.45, 2.75) is 19.0 Å². The molecule has 0 aliphatic carbocycles. The maximum absolute atomic E-state index is 12.8. The zero-order valence-corrected chi connectivity index (χ0v) is 14.2. The summed E-state index contributed by atoms with van der Waals surface area (Å²) >= 11 is 5.70. The van der Waals surface area contributed by atoms with Crippen molar-refractivity contribution in [3.8, 4) is 0 Å². The number of imidazole rings is 1. The number of nitrogens with zero attached hydrogens (tertiary/aromatic N) is 6. The van der Waals surface area contributed by atoms with Crippen LogP contribution in [0.25, 0.3) is 0 Å². The van der Waals surface area contributed by atoms with Crippen molar-refractivity contribution in [2.75, 3.05) is 29.9 Å². The van der Waals surface area contributed by atoms with Crippen LogP contribution in [0.5, 0.6) is 0 Å². The lowest BCUT2D eigenvalue weighted by Gasteiger charge is -2.32. The van der Waals surface area contributed by atoms with E-state index in [4.69, 9.17) is 11.6 Å². The van der Waals surface area contributed by atoms with E-state index in [1.807, 2.05) is 4.90 Å². The average Bonchev–Trinajstić information content (AvgIpc) is 2.96. The summed E-state index contributed by atoms with van der Waals surface area (Å²) < 4.78 is 39.7. The van der Waals surface area contributed by atoms with Gasteiger partial charge in [-0.15, -0.1) is 0 Å². The van der Waals surface area contributed by atoms with Gasteiger partial charge in [0, 0.05) is 32.9 Å². The minimum absolute atomic E-state index is 0.127. The number of rotatable bonds is 4. The topological polar surface area (TPSA) is 71.8 Å². The zero-order chi connectivity index (χ0) is 18.0. The van der Waals surface area contributed by atoms with Gasteiger partial charge in [0.25, 0.3) is 0 Å². The predicted octanol–water partition coefficient (Wildman–Crippen LogP) is 2.61. The summed E-state index contributed by atoms with van der Waals surface area (Å²) in [4.78, 5) is 17.3. The Morgan fingerprint density at radius 3 is 2.56 bits per heavy atom. The van der Waals surface area contributed by atoms with Crippen LogP contribution in [0.4, 0.5) is 25.1 Å². The molecule has 0 atom stereocenters. The number of aryl methyl sites for hydroxylation is 1. The predicted molar refractivity (Wildman–Crippen MR) is 86.5 cm³/mol. The maximum atomic E-state index is 12.8. The molecule has 136 valence electrons. The second-order valence-electron chi connectivity index (χ2n) is 5.92. The Morgan fingerprint density at radius 2 is 1.96 bits per heavy atom. The Hall–Kier alpha value is -2.10. The molecule has 11 heteroatoms. The van der Waals surface area contributed by atoms with Crippen LogP contribution in [-0.2, 0) is 13.2 Å². The van der Waals surface area contributed by atoms with E-state index in [1.165, 1.54) is 10.9 Å². The molecule has 1 fully saturated rings. The second kappa shape index (κ2) is 7.03. The van der Waals surface area contributed by atoms with Crippen LogP contribution >= 0.6 is 11.6 Å². The number of halogens is 4. The van der Waals surface area contributed by atoms with Gasteiger partial charge in [0.05, 0.1) is 0 Å². The van der Waals surface area contributed by atoms with Gasteiger partial charge in [-0.3, -0.25) is 0 Å². The summed E-state index contributed by atoms with van der Waals surface area (Å²) in [6.07, 6.45) is -0.406. The van der Waals surface area contributed by atoms with Crippen molar-refractivity contribution < 1.29 is 13.2 Å². The number of aromatic nitrogens is 5. The third kappa shape index (κ3) is 4.30. The lowest BCUT2D eigenvalue weighted by molar-refractivity contribution is -0.140. The first kappa shape index (κ1) is 17.7. The second-order valence-corrected chi connectivity index (χ2v) is 6.26. The van der Waals surface area contributed by atoms with E-state index in [1.54, 1.807) is 7.05 Å². The zero-order valence-electron chi connectivity index (χ0n) is 13.5. The quantitative estimate of drug-likeness (QED) is 0.885. The van der Waals surface area contributed by atoms with Crippen LogP contribution in [0.1, 0.15) is 18.5 Å². The molecule has 0 spiro atoms. The number of hydrogen-bond acceptors (Lipinski definition) is 6. The fourth-order valence-corrected chi connectivity index (χ4v) is 2.94. The van der Waals surface area contributed by atoms with E-state index in [0.29, 0.717) is 37.4 Å². The lowest BCUT2D eigenvalue weighted by atomic mass is 9.97. The molecule has 1 aliphatic heterocycles. The van der Waals surface area contributed by atoms with Gasteiger partial charge in [0.1, 0.15) is 6.33 Å². The molecule has 0 aromatic carbocycles. The Balaban J connectivity index is 1.54. The van der Waals surface area contributed by atoms with Gasteiger partial charge in [-0.25, -0.2) is 15.0 Å². The average molecular weight is 376 g/mol. The van der Waals surface area contributed by atoms with Crippen LogP contribution in [0.3, 0.4) is 0 Å². The van der Waals surface area contributed by atoms with Crippen LogP contribution in [0, 0.1) is 5.92 Å². The molecule has 0 bridgehead atoms. The summed E-state index contributed by atoms with van der Waals surface area (Å²) in [5, 5.41) is 3.24. The molecule has 1 N–H and O–H groups in total. The molecule has 3 rings (SSSR count). The normalized spacial score (nSPS) is 16.3. The minimum Gasteiger partial charge on any atom is -0.354 e. The fraction of sp³-hybridized carbons (Fsp3) is 0.571. The SMILES string of the molecule is Cn1cc(C(F)(F)F)nc1N1CCC(CNc2ncnc(Cl)n2)CC1. The standard InChI is InChI=1S/C14H17ClF3N7/c1-24-7-10(14(16,17)18)22-13(24)25-4-2-9(3-5-25)6-19-12-21-8-20-11(15)23-12/h7-9H,2-6H2,1H3,(H,19,20,21,23). The van der Waals surface area contributed by atoms with E-state index in [2.05, 4.69) is 25.3 Å². The first-order valence-electron chi connectivity index (χ1n) is 7.77. The van der Waals surface area contributed by atoms with Crippen LogP contribution in [-0.4, -0.2) is 44.1 Å². The molecular weight excluding hydrogens is 359 g/mol. The summed E-state index contributed by atoms with van der Waals surface area (Å²) in [6, 6.07) is 0. The van der Waals surface area contributed by atoms with Gasteiger partial charge in [-0.05, 0) is 30.4 Å². The highest BCUT2D eigenvalue weighted by Gasteiger charge is 2.35. The Kier molecular flexibility index (Phi) is 4.98. The first-order valence-corrected chi connectivity index (χ1v) is 8.14. The molecule has 2 aromatic rings. The van der Waals surface area contributed by atoms with Gasteiger partial charge in [-0.2, -0.15) is 18.2 Å². The van der Waals surface area contributed by atoms with Crippen molar-refractivity contribution in [3.05, 3.63) is 23.5 Å². The minimum atomic E-state index is -4.43. The van der Waals surface area contributed by atoms with Crippen molar-refractivity contribution >= 4 is 23.5 Å². The summed E-state index contributed by atoms with van der Waals surface area (Å²) in [5.74, 6) is 1.14. The molecule has 1 saturated heterocycles. The molecule has 0 amide bonds. The molecule has 7 nitrogen and oxygen atoms in total. The Bertz CT molecular complexity index is 725. The largest absolute Gasteiger partial charge is 0.434 e. The third-order valence-corrected chi connectivity index (χ3v) is 4.31. The van der Waals surface area contributed by atoms with Gasteiger partial charge in [0.2, 0.25) is 17.2 Å². The highest BCUT2D eigenvalue weighted by atomic mass is 35.5. The molecular formula is C14H17ClF3N7. The van der Waals surface area contributed by atoms with Gasteiger partial charge in [0.15, 0.2) is 5.69 Å². The highest BCUT2D eigenvalue weighted by Crippen LogP contribution is 2.31. The summed E-state index contributed by atoms with van der Waals surface area (Å²) in [6.45, 7) is 1.96. The Morgan fingerprint density at radius 1 is 1.24 bits per heavy atom. The monoisotopic (exact) mass is 375 g/mol. The van der Waals surface area contributed by atoms with E-state index in [-0.39, 0.29) is 5.28 Å². The van der Waals surface area contributed by atoms with Gasteiger partial charge >= 0.3 is 6.18 Å². The number of piperidine rings is 1. The smallest absolute Gasteiger partial charge is 0.354 e. The van der Waals surface area contributed by atoms with E-state index in [0.717, 1.165) is 19.0 Å². The maximum Gasteiger partial charge on any atom is 0.434 e. The molecule has 25 heavy (non-hydrogen) atoms. The molecule has 0 unspecified atom stereocenters. The molecule has 0 radical (unpaired) electrons. The fourth-order valence-electron chi connectivity index (χ4n) is 2.82. The van der Waals surface area contributed by atoms with Crippen LogP contribution < -0.4 is 10.2 Å². The summed E-state index contributed by atoms with van der Waals surface area (Å²) in [5.41, 5.74) is -0.861.